The summed E-state index contributed by atoms with van der Waals surface area (Å²) in [5.41, 5.74) is 5.01. The summed E-state index contributed by atoms with van der Waals surface area (Å²) in [6.07, 6.45) is 3.65. The molecule has 0 amide bonds. The van der Waals surface area contributed by atoms with Crippen molar-refractivity contribution in [1.29, 1.82) is 0 Å². The van der Waals surface area contributed by atoms with Crippen LogP contribution in [0.3, 0.4) is 0 Å². The van der Waals surface area contributed by atoms with Crippen LogP contribution in [0.2, 0.25) is 0 Å². The maximum absolute atomic E-state index is 12.3. The van der Waals surface area contributed by atoms with E-state index in [2.05, 4.69) is 22.0 Å². The van der Waals surface area contributed by atoms with Crippen molar-refractivity contribution in [3.05, 3.63) is 88.0 Å². The minimum absolute atomic E-state index is 0.379. The normalized spacial score (nSPS) is 13.6. The number of rotatable bonds is 4. The molecule has 0 aliphatic carbocycles. The first-order chi connectivity index (χ1) is 15.1. The van der Waals surface area contributed by atoms with Gasteiger partial charge in [0.25, 0.3) is 0 Å². The fourth-order valence-electron chi connectivity index (χ4n) is 4.13. The molecule has 0 unspecified atom stereocenters. The maximum Gasteiger partial charge on any atom is 0.336 e. The summed E-state index contributed by atoms with van der Waals surface area (Å²) in [5, 5.41) is 0.896. The average molecular weight is 414 g/mol. The number of benzene rings is 2. The van der Waals surface area contributed by atoms with Gasteiger partial charge in [-0.3, -0.25) is 9.88 Å². The molecule has 0 saturated heterocycles. The van der Waals surface area contributed by atoms with Crippen LogP contribution in [0.25, 0.3) is 22.1 Å². The van der Waals surface area contributed by atoms with Crippen LogP contribution in [-0.4, -0.2) is 23.7 Å². The first-order valence-electron chi connectivity index (χ1n) is 10.1. The zero-order valence-corrected chi connectivity index (χ0v) is 17.4. The maximum atomic E-state index is 12.3. The zero-order chi connectivity index (χ0) is 21.4. The minimum Gasteiger partial charge on any atom is -0.497 e. The predicted octanol–water partition coefficient (Wildman–Crippen LogP) is 4.52. The van der Waals surface area contributed by atoms with Gasteiger partial charge in [0.05, 0.1) is 7.11 Å². The van der Waals surface area contributed by atoms with Crippen LogP contribution >= 0.6 is 0 Å². The summed E-state index contributed by atoms with van der Waals surface area (Å²) in [5.74, 6) is 1.56. The van der Waals surface area contributed by atoms with Crippen molar-refractivity contribution in [2.75, 3.05) is 13.8 Å². The van der Waals surface area contributed by atoms with Crippen molar-refractivity contribution >= 4 is 11.0 Å². The SMILES string of the molecule is COc1ccc(-c2cc(=O)oc3c(C)c4c(cc23)CN(Cc2cccnc2)CO4)cc1. The highest BCUT2D eigenvalue weighted by molar-refractivity contribution is 5.96. The lowest BCUT2D eigenvalue weighted by Gasteiger charge is -2.30. The number of pyridine rings is 1. The number of aromatic nitrogens is 1. The van der Waals surface area contributed by atoms with Gasteiger partial charge in [-0.2, -0.15) is 0 Å². The molecule has 0 fully saturated rings. The van der Waals surface area contributed by atoms with E-state index in [0.29, 0.717) is 12.3 Å². The van der Waals surface area contributed by atoms with E-state index in [1.807, 2.05) is 43.5 Å². The Balaban J connectivity index is 1.58. The Morgan fingerprint density at radius 3 is 2.74 bits per heavy atom. The molecule has 1 aliphatic rings. The van der Waals surface area contributed by atoms with Crippen molar-refractivity contribution in [2.45, 2.75) is 20.0 Å². The molecule has 2 aromatic carbocycles. The number of fused-ring (bicyclic) bond motifs is 2. The van der Waals surface area contributed by atoms with E-state index in [4.69, 9.17) is 13.9 Å². The lowest BCUT2D eigenvalue weighted by atomic mass is 9.97. The van der Waals surface area contributed by atoms with Gasteiger partial charge in [0.1, 0.15) is 23.8 Å². The van der Waals surface area contributed by atoms with Crippen molar-refractivity contribution in [2.24, 2.45) is 0 Å². The van der Waals surface area contributed by atoms with Gasteiger partial charge in [-0.25, -0.2) is 4.79 Å². The molecule has 5 rings (SSSR count). The Morgan fingerprint density at radius 2 is 2.00 bits per heavy atom. The molecule has 0 saturated carbocycles. The number of hydrogen-bond donors (Lipinski definition) is 0. The van der Waals surface area contributed by atoms with E-state index < -0.39 is 0 Å². The fourth-order valence-corrected chi connectivity index (χ4v) is 4.13. The quantitative estimate of drug-likeness (QED) is 0.458. The molecule has 0 N–H and O–H groups in total. The molecule has 2 aromatic heterocycles. The number of hydrogen-bond acceptors (Lipinski definition) is 6. The lowest BCUT2D eigenvalue weighted by molar-refractivity contribution is 0.0880. The zero-order valence-electron chi connectivity index (χ0n) is 17.4. The third kappa shape index (κ3) is 3.66. The molecule has 3 heterocycles. The third-order valence-electron chi connectivity index (χ3n) is 5.61. The number of ether oxygens (including phenoxy) is 2. The standard InChI is InChI=1S/C25H22N2O4/c1-16-24-19(14-27(15-30-24)13-17-4-3-9-26-12-17)10-22-21(11-23(28)31-25(16)22)18-5-7-20(29-2)8-6-18/h3-12H,13-15H2,1-2H3. The van der Waals surface area contributed by atoms with Crippen LogP contribution in [0.4, 0.5) is 0 Å². The highest BCUT2D eigenvalue weighted by atomic mass is 16.5. The Morgan fingerprint density at radius 1 is 1.16 bits per heavy atom. The number of methoxy groups -OCH3 is 1. The van der Waals surface area contributed by atoms with Gasteiger partial charge in [0, 0.05) is 48.1 Å². The molecule has 31 heavy (non-hydrogen) atoms. The fraction of sp³-hybridized carbons (Fsp3) is 0.200. The van der Waals surface area contributed by atoms with E-state index in [9.17, 15) is 4.79 Å². The van der Waals surface area contributed by atoms with Crippen molar-refractivity contribution in [1.82, 2.24) is 9.88 Å². The lowest BCUT2D eigenvalue weighted by Crippen LogP contribution is -2.32. The summed E-state index contributed by atoms with van der Waals surface area (Å²) in [4.78, 5) is 18.7. The molecule has 4 aromatic rings. The third-order valence-corrected chi connectivity index (χ3v) is 5.61. The van der Waals surface area contributed by atoms with E-state index in [1.165, 1.54) is 0 Å². The van der Waals surface area contributed by atoms with Crippen LogP contribution in [0.1, 0.15) is 16.7 Å². The minimum atomic E-state index is -0.379. The van der Waals surface area contributed by atoms with Crippen LogP contribution in [-0.2, 0) is 13.1 Å². The number of nitrogens with zero attached hydrogens (tertiary/aromatic N) is 2. The van der Waals surface area contributed by atoms with Gasteiger partial charge in [-0.1, -0.05) is 18.2 Å². The smallest absolute Gasteiger partial charge is 0.336 e. The molecule has 0 bridgehead atoms. The molecule has 156 valence electrons. The summed E-state index contributed by atoms with van der Waals surface area (Å²) < 4.78 is 17.0. The Kier molecular flexibility index (Phi) is 4.92. The van der Waals surface area contributed by atoms with Crippen LogP contribution < -0.4 is 15.1 Å². The van der Waals surface area contributed by atoms with Crippen molar-refractivity contribution in [3.8, 4) is 22.6 Å². The van der Waals surface area contributed by atoms with Gasteiger partial charge in [0.2, 0.25) is 0 Å². The highest BCUT2D eigenvalue weighted by Gasteiger charge is 2.23. The molecule has 0 radical (unpaired) electrons. The Bertz CT molecular complexity index is 1300. The van der Waals surface area contributed by atoms with Crippen LogP contribution in [0, 0.1) is 6.92 Å². The summed E-state index contributed by atoms with van der Waals surface area (Å²) >= 11 is 0. The van der Waals surface area contributed by atoms with E-state index >= 15 is 0 Å². The van der Waals surface area contributed by atoms with E-state index in [-0.39, 0.29) is 5.63 Å². The summed E-state index contributed by atoms with van der Waals surface area (Å²) in [6, 6.07) is 15.3. The highest BCUT2D eigenvalue weighted by Crippen LogP contribution is 2.38. The van der Waals surface area contributed by atoms with Gasteiger partial charge in [0.15, 0.2) is 0 Å². The largest absolute Gasteiger partial charge is 0.497 e. The van der Waals surface area contributed by atoms with Gasteiger partial charge in [-0.05, 0) is 47.9 Å². The molecule has 6 nitrogen and oxygen atoms in total. The molecule has 1 aliphatic heterocycles. The monoisotopic (exact) mass is 414 g/mol. The van der Waals surface area contributed by atoms with Gasteiger partial charge >= 0.3 is 5.63 Å². The van der Waals surface area contributed by atoms with Crippen molar-refractivity contribution in [3.63, 3.8) is 0 Å². The van der Waals surface area contributed by atoms with Crippen LogP contribution in [0.5, 0.6) is 11.5 Å². The summed E-state index contributed by atoms with van der Waals surface area (Å²) in [7, 11) is 1.63. The second kappa shape index (κ2) is 7.89. The second-order valence-electron chi connectivity index (χ2n) is 7.70. The average Bonchev–Trinajstić information content (AvgIpc) is 2.80. The molecule has 6 heteroatoms. The van der Waals surface area contributed by atoms with E-state index in [1.54, 1.807) is 19.4 Å². The van der Waals surface area contributed by atoms with Crippen LogP contribution in [0.15, 0.2) is 70.1 Å². The van der Waals surface area contributed by atoms with Gasteiger partial charge in [-0.15, -0.1) is 0 Å². The molecular weight excluding hydrogens is 392 g/mol. The summed E-state index contributed by atoms with van der Waals surface area (Å²) in [6.45, 7) is 3.90. The van der Waals surface area contributed by atoms with Gasteiger partial charge < -0.3 is 13.9 Å². The Labute approximate surface area is 179 Å². The predicted molar refractivity (Wildman–Crippen MR) is 118 cm³/mol. The first kappa shape index (κ1) is 19.3. The molecule has 0 atom stereocenters. The topological polar surface area (TPSA) is 64.8 Å². The second-order valence-corrected chi connectivity index (χ2v) is 7.70. The Hall–Kier alpha value is -3.64. The number of aryl methyl sites for hydroxylation is 1. The molecule has 0 spiro atoms. The van der Waals surface area contributed by atoms with Crippen molar-refractivity contribution < 1.29 is 13.9 Å². The molecular formula is C25H22N2O4. The van der Waals surface area contributed by atoms with E-state index in [0.717, 1.165) is 57.8 Å². The first-order valence-corrected chi connectivity index (χ1v) is 10.1.